The molecule has 0 aliphatic rings. The Morgan fingerprint density at radius 3 is 1.22 bits per heavy atom. The van der Waals surface area contributed by atoms with Gasteiger partial charge in [0, 0.05) is 19.2 Å². The number of hydrogen-bond acceptors (Lipinski definition) is 6. The SMILES string of the molecule is C=C[Si](C)(C)OCCCCCC.C=C[Si](C)(C)OCCCCCC.CCCCCC/C=C/C=C/CCCCCCCC(=O)[O-].C[SiH](C)O[SiH](C)O[SiH](C)C.[Na+]. The maximum absolute atomic E-state index is 10.2. The van der Waals surface area contributed by atoms with E-state index in [2.05, 4.69) is 117 Å². The van der Waals surface area contributed by atoms with E-state index >= 15 is 0 Å². The number of aliphatic carboxylic acids is 1. The van der Waals surface area contributed by atoms with Gasteiger partial charge in [0.15, 0.2) is 18.1 Å². The summed E-state index contributed by atoms with van der Waals surface area (Å²) in [6.07, 6.45) is 32.2. The predicted octanol–water partition coefficient (Wildman–Crippen LogP) is 9.42. The normalized spacial score (nSPS) is 11.5. The standard InChI is InChI=1S/C18H32O2.2C10H22OSi.C5H18O2Si3.Na/c1-2-3-4-5-6-7-8-9-10-11-12-13-14-15-16-17-18(19)20;2*1-5-7-8-9-10-11-12(3,4)6-2;1-8(2)6-10(5)7-9(3)4;/h7-10H,2-6,11-17H2,1H3,(H,19,20);2*6H,2,5,7-10H2,1,3-4H3;8-10H,1-5H3;/q;;;;+1/p-1/b8-7+,10-9+;;;;. The average Bonchev–Trinajstić information content (AvgIpc) is 3.10. The molecule has 322 valence electrons. The first kappa shape index (κ1) is 64.5. The Bertz CT molecular complexity index is 833. The number of unbranched alkanes of at least 4 members (excludes halogenated alkanes) is 15. The molecule has 55 heavy (non-hydrogen) atoms. The van der Waals surface area contributed by atoms with Gasteiger partial charge in [-0.2, -0.15) is 0 Å². The largest absolute Gasteiger partial charge is 1.00 e. The van der Waals surface area contributed by atoms with Gasteiger partial charge < -0.3 is 27.0 Å². The summed E-state index contributed by atoms with van der Waals surface area (Å²) in [7, 11) is -5.80. The Balaban J connectivity index is -0.000000209. The first-order chi connectivity index (χ1) is 25.5. The number of rotatable bonds is 32. The van der Waals surface area contributed by atoms with E-state index in [0.717, 1.165) is 38.9 Å². The molecule has 0 N–H and O–H groups in total. The van der Waals surface area contributed by atoms with Crippen molar-refractivity contribution in [2.75, 3.05) is 13.2 Å². The molecule has 0 bridgehead atoms. The van der Waals surface area contributed by atoms with Crippen molar-refractivity contribution in [3.63, 3.8) is 0 Å². The number of hydrogen-bond donors (Lipinski definition) is 0. The van der Waals surface area contributed by atoms with E-state index in [1.807, 2.05) is 11.4 Å². The molecule has 0 aromatic heterocycles. The summed E-state index contributed by atoms with van der Waals surface area (Å²) in [5, 5.41) is 10.2. The third-order valence-corrected chi connectivity index (χ3v) is 19.5. The monoisotopic (exact) mass is 869 g/mol. The van der Waals surface area contributed by atoms with Crippen LogP contribution in [0, 0.1) is 0 Å². The number of carbonyl (C=O) groups excluding carboxylic acids is 1. The number of allylic oxidation sites excluding steroid dienone is 4. The van der Waals surface area contributed by atoms with Gasteiger partial charge in [-0.15, -0.1) is 13.2 Å². The van der Waals surface area contributed by atoms with E-state index in [-0.39, 0.29) is 36.0 Å². The van der Waals surface area contributed by atoms with Gasteiger partial charge in [-0.05, 0) is 110 Å². The van der Waals surface area contributed by atoms with E-state index in [9.17, 15) is 9.90 Å². The molecule has 0 unspecified atom stereocenters. The molecule has 0 aliphatic heterocycles. The van der Waals surface area contributed by atoms with Crippen LogP contribution in [-0.4, -0.2) is 63.2 Å². The topological polar surface area (TPSA) is 77.1 Å². The smallest absolute Gasteiger partial charge is 0.550 e. The first-order valence-corrected chi connectivity index (χ1v) is 35.5. The Kier molecular flexibility index (Phi) is 57.1. The van der Waals surface area contributed by atoms with Crippen molar-refractivity contribution in [1.29, 1.82) is 0 Å². The second kappa shape index (κ2) is 48.7. The summed E-state index contributed by atoms with van der Waals surface area (Å²) in [5.41, 5.74) is 3.99. The Labute approximate surface area is 374 Å². The molecule has 6 nitrogen and oxygen atoms in total. The molecule has 12 heteroatoms. The molecular formula is C43H93NaO6Si5. The maximum atomic E-state index is 10.2. The zero-order valence-electron chi connectivity index (χ0n) is 39.1. The molecule has 0 radical (unpaired) electrons. The molecule has 0 atom stereocenters. The molecular weight excluding hydrogens is 776 g/mol. The van der Waals surface area contributed by atoms with E-state index in [1.165, 1.54) is 96.3 Å². The summed E-state index contributed by atoms with van der Waals surface area (Å²) < 4.78 is 22.8. The Morgan fingerprint density at radius 1 is 0.564 bits per heavy atom. The fourth-order valence-corrected chi connectivity index (χ4v) is 13.3. The third kappa shape index (κ3) is 66.4. The molecule has 0 amide bonds. The van der Waals surface area contributed by atoms with Crippen molar-refractivity contribution in [2.45, 2.75) is 208 Å². The number of carboxylic acid groups (broad SMARTS) is 1. The van der Waals surface area contributed by atoms with Gasteiger partial charge in [-0.25, -0.2) is 0 Å². The fraction of sp³-hybridized carbons (Fsp3) is 0.791. The second-order valence-electron chi connectivity index (χ2n) is 15.8. The van der Waals surface area contributed by atoms with E-state index in [1.54, 1.807) is 0 Å². The van der Waals surface area contributed by atoms with Gasteiger partial charge in [-0.3, -0.25) is 0 Å². The van der Waals surface area contributed by atoms with E-state index < -0.39 is 50.0 Å². The molecule has 0 aliphatic carbocycles. The summed E-state index contributed by atoms with van der Waals surface area (Å²) in [5.74, 6) is -0.922. The maximum Gasteiger partial charge on any atom is 1.00 e. The predicted molar refractivity (Wildman–Crippen MR) is 253 cm³/mol. The van der Waals surface area contributed by atoms with Crippen molar-refractivity contribution < 1.29 is 56.5 Å². The van der Waals surface area contributed by atoms with E-state index in [4.69, 9.17) is 17.1 Å². The minimum Gasteiger partial charge on any atom is -0.550 e. The van der Waals surface area contributed by atoms with Crippen molar-refractivity contribution in [2.24, 2.45) is 0 Å². The molecule has 0 aromatic rings. The van der Waals surface area contributed by atoms with Crippen LogP contribution < -0.4 is 34.7 Å². The van der Waals surface area contributed by atoms with Gasteiger partial charge in [0.2, 0.25) is 16.6 Å². The van der Waals surface area contributed by atoms with Crippen LogP contribution >= 0.6 is 0 Å². The zero-order chi connectivity index (χ0) is 41.9. The van der Waals surface area contributed by atoms with Crippen LogP contribution in [0.1, 0.15) is 149 Å². The molecule has 0 spiro atoms. The zero-order valence-corrected chi connectivity index (χ0v) is 46.6. The van der Waals surface area contributed by atoms with E-state index in [0.29, 0.717) is 0 Å². The average molecular weight is 870 g/mol. The minimum absolute atomic E-state index is 0. The molecule has 0 rings (SSSR count). The Hall–Kier alpha value is 0.354. The van der Waals surface area contributed by atoms with Crippen LogP contribution in [0.3, 0.4) is 0 Å². The van der Waals surface area contributed by atoms with Gasteiger partial charge in [0.05, 0.1) is 0 Å². The molecule has 0 aromatic carbocycles. The van der Waals surface area contributed by atoms with Gasteiger partial charge in [-0.1, -0.05) is 134 Å². The Morgan fingerprint density at radius 2 is 0.891 bits per heavy atom. The summed E-state index contributed by atoms with van der Waals surface area (Å²) in [6, 6.07) is 0. The fourth-order valence-electron chi connectivity index (χ4n) is 4.75. The summed E-state index contributed by atoms with van der Waals surface area (Å²) in [6.45, 7) is 35.7. The van der Waals surface area contributed by atoms with Crippen molar-refractivity contribution >= 4 is 50.0 Å². The van der Waals surface area contributed by atoms with Gasteiger partial charge in [0.1, 0.15) is 0 Å². The molecule has 0 heterocycles. The molecule has 0 saturated heterocycles. The van der Waals surface area contributed by atoms with Crippen molar-refractivity contribution in [1.82, 2.24) is 0 Å². The van der Waals surface area contributed by atoms with Gasteiger partial charge in [0.25, 0.3) is 9.28 Å². The molecule has 0 fully saturated rings. The van der Waals surface area contributed by atoms with Gasteiger partial charge >= 0.3 is 29.6 Å². The second-order valence-corrected chi connectivity index (χ2v) is 31.1. The number of carboxylic acids is 1. The quantitative estimate of drug-likeness (QED) is 0.0381. The van der Waals surface area contributed by atoms with Crippen LogP contribution in [0.15, 0.2) is 48.9 Å². The molecule has 0 saturated carbocycles. The van der Waals surface area contributed by atoms with Crippen molar-refractivity contribution in [3.8, 4) is 0 Å². The van der Waals surface area contributed by atoms with Crippen LogP contribution in [0.5, 0.6) is 0 Å². The van der Waals surface area contributed by atoms with Crippen LogP contribution in [0.4, 0.5) is 0 Å². The minimum atomic E-state index is -1.47. The first-order valence-electron chi connectivity index (χ1n) is 21.9. The third-order valence-electron chi connectivity index (χ3n) is 8.21. The van der Waals surface area contributed by atoms with Crippen LogP contribution in [0.2, 0.25) is 58.9 Å². The number of carbonyl (C=O) groups is 1. The van der Waals surface area contributed by atoms with Crippen LogP contribution in [0.25, 0.3) is 0 Å². The summed E-state index contributed by atoms with van der Waals surface area (Å²) >= 11 is 0. The van der Waals surface area contributed by atoms with Crippen molar-refractivity contribution in [3.05, 3.63) is 48.9 Å². The van der Waals surface area contributed by atoms with Crippen LogP contribution in [-0.2, 0) is 21.9 Å². The summed E-state index contributed by atoms with van der Waals surface area (Å²) in [4.78, 5) is 10.2.